The Morgan fingerprint density at radius 3 is 3.27 bits per heavy atom. The number of rotatable bonds is 0. The molecule has 0 bridgehead atoms. The van der Waals surface area contributed by atoms with E-state index in [2.05, 4.69) is 35.0 Å². The monoisotopic (exact) mass is 151 g/mol. The number of hydrogen-bond donors (Lipinski definition) is 1. The molecule has 1 N–H and O–H groups in total. The first-order chi connectivity index (χ1) is 5.27. The first-order valence-corrected chi connectivity index (χ1v) is 4.05. The predicted molar refractivity (Wildman–Crippen MR) is 43.2 cm³/mol. The third kappa shape index (κ3) is 1.05. The van der Waals surface area contributed by atoms with Gasteiger partial charge in [-0.2, -0.15) is 5.10 Å². The van der Waals surface area contributed by atoms with E-state index in [1.54, 1.807) is 0 Å². The number of aromatic nitrogens is 2. The Balaban J connectivity index is 2.36. The zero-order valence-electron chi connectivity index (χ0n) is 6.91. The number of hydrogen-bond acceptors (Lipinski definition) is 2. The summed E-state index contributed by atoms with van der Waals surface area (Å²) in [5, 5.41) is 7.69. The Morgan fingerprint density at radius 2 is 2.45 bits per heavy atom. The van der Waals surface area contributed by atoms with E-state index in [0.29, 0.717) is 12.1 Å². The molecular formula is C8H13N3. The molecule has 0 aliphatic carbocycles. The fourth-order valence-electron chi connectivity index (χ4n) is 1.69. The summed E-state index contributed by atoms with van der Waals surface area (Å²) < 4.78 is 2.08. The molecule has 0 radical (unpaired) electrons. The van der Waals surface area contributed by atoms with Crippen molar-refractivity contribution in [3.63, 3.8) is 0 Å². The summed E-state index contributed by atoms with van der Waals surface area (Å²) in [7, 11) is 0. The predicted octanol–water partition coefficient (Wildman–Crippen LogP) is 0.936. The summed E-state index contributed by atoms with van der Waals surface area (Å²) >= 11 is 0. The zero-order chi connectivity index (χ0) is 7.84. The number of fused-ring (bicyclic) bond motifs is 1. The lowest BCUT2D eigenvalue weighted by Crippen LogP contribution is -2.39. The van der Waals surface area contributed by atoms with Crippen LogP contribution in [0.25, 0.3) is 0 Å². The van der Waals surface area contributed by atoms with E-state index in [4.69, 9.17) is 0 Å². The van der Waals surface area contributed by atoms with Crippen molar-refractivity contribution in [2.24, 2.45) is 0 Å². The van der Waals surface area contributed by atoms with Gasteiger partial charge in [0.25, 0.3) is 0 Å². The van der Waals surface area contributed by atoms with Gasteiger partial charge in [-0.15, -0.1) is 0 Å². The molecular weight excluding hydrogens is 138 g/mol. The van der Waals surface area contributed by atoms with E-state index in [-0.39, 0.29) is 0 Å². The van der Waals surface area contributed by atoms with Gasteiger partial charge in [-0.1, -0.05) is 0 Å². The van der Waals surface area contributed by atoms with Gasteiger partial charge in [0.2, 0.25) is 0 Å². The van der Waals surface area contributed by atoms with Gasteiger partial charge < -0.3 is 5.32 Å². The van der Waals surface area contributed by atoms with Gasteiger partial charge >= 0.3 is 0 Å². The first kappa shape index (κ1) is 6.85. The number of nitrogens with one attached hydrogen (secondary N) is 1. The van der Waals surface area contributed by atoms with E-state index < -0.39 is 0 Å². The van der Waals surface area contributed by atoms with E-state index >= 15 is 0 Å². The molecule has 0 spiro atoms. The molecule has 0 fully saturated rings. The molecule has 0 amide bonds. The summed E-state index contributed by atoms with van der Waals surface area (Å²) in [6.45, 7) is 5.34. The molecule has 1 aliphatic heterocycles. The van der Waals surface area contributed by atoms with Crippen molar-refractivity contribution in [3.05, 3.63) is 18.0 Å². The van der Waals surface area contributed by atoms with Crippen LogP contribution in [-0.4, -0.2) is 15.8 Å². The van der Waals surface area contributed by atoms with Crippen molar-refractivity contribution < 1.29 is 0 Å². The summed E-state index contributed by atoms with van der Waals surface area (Å²) in [5.74, 6) is 0. The maximum Gasteiger partial charge on any atom is 0.0564 e. The highest BCUT2D eigenvalue weighted by molar-refractivity contribution is 5.08. The molecule has 3 nitrogen and oxygen atoms in total. The van der Waals surface area contributed by atoms with Crippen molar-refractivity contribution >= 4 is 0 Å². The smallest absolute Gasteiger partial charge is 0.0564 e. The lowest BCUT2D eigenvalue weighted by Gasteiger charge is -2.27. The fraction of sp³-hybridized carbons (Fsp3) is 0.625. The molecule has 1 aliphatic rings. The minimum atomic E-state index is 0.446. The highest BCUT2D eigenvalue weighted by Gasteiger charge is 2.19. The van der Waals surface area contributed by atoms with E-state index in [1.165, 1.54) is 5.69 Å². The molecule has 11 heavy (non-hydrogen) atoms. The first-order valence-electron chi connectivity index (χ1n) is 4.05. The van der Waals surface area contributed by atoms with Crippen LogP contribution in [0.2, 0.25) is 0 Å². The second-order valence-corrected chi connectivity index (χ2v) is 3.23. The van der Waals surface area contributed by atoms with Crippen molar-refractivity contribution in [2.45, 2.75) is 32.5 Å². The van der Waals surface area contributed by atoms with Gasteiger partial charge in [-0.3, -0.25) is 4.68 Å². The van der Waals surface area contributed by atoms with Crippen molar-refractivity contribution in [2.75, 3.05) is 0 Å². The quantitative estimate of drug-likeness (QED) is 0.598. The molecule has 0 unspecified atom stereocenters. The van der Waals surface area contributed by atoms with Crippen LogP contribution in [0.15, 0.2) is 12.3 Å². The van der Waals surface area contributed by atoms with Gasteiger partial charge in [0, 0.05) is 18.3 Å². The van der Waals surface area contributed by atoms with Crippen molar-refractivity contribution in [1.29, 1.82) is 0 Å². The molecule has 1 aromatic rings. The largest absolute Gasteiger partial charge is 0.304 e. The summed E-state index contributed by atoms with van der Waals surface area (Å²) in [6.07, 6.45) is 1.87. The van der Waals surface area contributed by atoms with Gasteiger partial charge in [0.1, 0.15) is 0 Å². The molecule has 0 saturated heterocycles. The maximum atomic E-state index is 4.23. The Labute approximate surface area is 66.4 Å². The van der Waals surface area contributed by atoms with E-state index in [0.717, 1.165) is 6.54 Å². The van der Waals surface area contributed by atoms with Gasteiger partial charge in [-0.25, -0.2) is 0 Å². The summed E-state index contributed by atoms with van der Waals surface area (Å²) in [5.41, 5.74) is 1.29. The second-order valence-electron chi connectivity index (χ2n) is 3.23. The Morgan fingerprint density at radius 1 is 1.64 bits per heavy atom. The highest BCUT2D eigenvalue weighted by atomic mass is 15.3. The van der Waals surface area contributed by atoms with Crippen molar-refractivity contribution in [3.8, 4) is 0 Å². The molecule has 0 saturated carbocycles. The van der Waals surface area contributed by atoms with Crippen LogP contribution in [0.1, 0.15) is 25.6 Å². The Bertz CT molecular complexity index is 254. The van der Waals surface area contributed by atoms with Crippen LogP contribution < -0.4 is 5.32 Å². The molecule has 1 aromatic heterocycles. The van der Waals surface area contributed by atoms with Crippen LogP contribution in [0.3, 0.4) is 0 Å². The SMILES string of the molecule is C[C@@H]1Cn2nccc2[C@@H](C)N1. The topological polar surface area (TPSA) is 29.9 Å². The molecule has 2 heterocycles. The van der Waals surface area contributed by atoms with Crippen LogP contribution >= 0.6 is 0 Å². The standard InChI is InChI=1S/C8H13N3/c1-6-5-11-8(3-4-9-11)7(2)10-6/h3-4,6-7,10H,5H2,1-2H3/t6-,7-/m1/s1. The lowest BCUT2D eigenvalue weighted by atomic mass is 10.1. The van der Waals surface area contributed by atoms with Crippen LogP contribution in [0, 0.1) is 0 Å². The fourth-order valence-corrected chi connectivity index (χ4v) is 1.69. The minimum Gasteiger partial charge on any atom is -0.304 e. The highest BCUT2D eigenvalue weighted by Crippen LogP contribution is 2.17. The molecule has 0 aromatic carbocycles. The molecule has 60 valence electrons. The van der Waals surface area contributed by atoms with Gasteiger partial charge in [0.15, 0.2) is 0 Å². The molecule has 3 heteroatoms. The van der Waals surface area contributed by atoms with Crippen molar-refractivity contribution in [1.82, 2.24) is 15.1 Å². The van der Waals surface area contributed by atoms with Crippen LogP contribution in [0.4, 0.5) is 0 Å². The summed E-state index contributed by atoms with van der Waals surface area (Å²) in [6, 6.07) is 3.06. The average molecular weight is 151 g/mol. The minimum absolute atomic E-state index is 0.446. The molecule has 2 atom stereocenters. The number of nitrogens with zero attached hydrogens (tertiary/aromatic N) is 2. The van der Waals surface area contributed by atoms with E-state index in [9.17, 15) is 0 Å². The Kier molecular flexibility index (Phi) is 1.46. The van der Waals surface area contributed by atoms with Crippen LogP contribution in [0.5, 0.6) is 0 Å². The second kappa shape index (κ2) is 2.34. The van der Waals surface area contributed by atoms with Gasteiger partial charge in [-0.05, 0) is 19.9 Å². The lowest BCUT2D eigenvalue weighted by molar-refractivity contribution is 0.344. The van der Waals surface area contributed by atoms with Crippen LogP contribution in [-0.2, 0) is 6.54 Å². The summed E-state index contributed by atoms with van der Waals surface area (Å²) in [4.78, 5) is 0. The Hall–Kier alpha value is -0.830. The third-order valence-corrected chi connectivity index (χ3v) is 2.17. The average Bonchev–Trinajstić information content (AvgIpc) is 2.34. The van der Waals surface area contributed by atoms with Gasteiger partial charge in [0.05, 0.1) is 12.2 Å². The zero-order valence-corrected chi connectivity index (χ0v) is 6.91. The van der Waals surface area contributed by atoms with E-state index in [1.807, 2.05) is 6.20 Å². The maximum absolute atomic E-state index is 4.23. The normalized spacial score (nSPS) is 30.0. The molecule has 2 rings (SSSR count). The third-order valence-electron chi connectivity index (χ3n) is 2.17.